The normalized spacial score (nSPS) is 12.5. The molecule has 2 N–H and O–H groups in total. The van der Waals surface area contributed by atoms with E-state index in [1.807, 2.05) is 0 Å². The highest BCUT2D eigenvalue weighted by Gasteiger charge is 2.48. The Labute approximate surface area is 119 Å². The van der Waals surface area contributed by atoms with Crippen LogP contribution in [0.4, 0.5) is 13.2 Å². The third-order valence-electron chi connectivity index (χ3n) is 2.24. The number of alkyl halides is 2. The number of halogens is 5. The SMILES string of the molecule is CCOC(=O)C(F)(F)[C@@H](N)c1ccc(Cl)cc1F.Cl. The summed E-state index contributed by atoms with van der Waals surface area (Å²) < 4.78 is 44.8. The number of rotatable bonds is 4. The number of hydrogen-bond acceptors (Lipinski definition) is 3. The van der Waals surface area contributed by atoms with Crippen LogP contribution in [0.1, 0.15) is 18.5 Å². The monoisotopic (exact) mass is 317 g/mol. The molecular weight excluding hydrogens is 306 g/mol. The highest BCUT2D eigenvalue weighted by atomic mass is 35.5. The number of carbonyl (C=O) groups excluding carboxylic acids is 1. The third kappa shape index (κ3) is 3.99. The van der Waals surface area contributed by atoms with Crippen molar-refractivity contribution in [3.05, 3.63) is 34.6 Å². The standard InChI is InChI=1S/C11H11ClF3NO2.ClH/c1-2-18-10(17)11(14,15)9(16)7-4-3-6(12)5-8(7)13;/h3-5,9H,2,16H2,1H3;1H/t9-;/m0./s1. The van der Waals surface area contributed by atoms with Crippen LogP contribution in [0, 0.1) is 5.82 Å². The molecule has 0 aliphatic rings. The maximum absolute atomic E-state index is 13.6. The lowest BCUT2D eigenvalue weighted by Crippen LogP contribution is -2.42. The van der Waals surface area contributed by atoms with E-state index in [4.69, 9.17) is 17.3 Å². The fourth-order valence-corrected chi connectivity index (χ4v) is 1.46. The maximum Gasteiger partial charge on any atom is 0.379 e. The van der Waals surface area contributed by atoms with Crippen molar-refractivity contribution in [1.29, 1.82) is 0 Å². The number of nitrogens with two attached hydrogens (primary N) is 1. The molecular formula is C11H12Cl2F3NO2. The van der Waals surface area contributed by atoms with Crippen LogP contribution in [0.25, 0.3) is 0 Å². The molecule has 0 radical (unpaired) electrons. The Kier molecular flexibility index (Phi) is 6.62. The van der Waals surface area contributed by atoms with E-state index < -0.39 is 29.3 Å². The molecule has 0 unspecified atom stereocenters. The minimum atomic E-state index is -4.01. The predicted octanol–water partition coefficient (Wildman–Crippen LogP) is 3.10. The smallest absolute Gasteiger partial charge is 0.379 e. The zero-order valence-electron chi connectivity index (χ0n) is 9.83. The number of ether oxygens (including phenoxy) is 1. The molecule has 0 saturated carbocycles. The summed E-state index contributed by atoms with van der Waals surface area (Å²) in [4.78, 5) is 11.1. The van der Waals surface area contributed by atoms with Crippen LogP contribution in [0.2, 0.25) is 5.02 Å². The van der Waals surface area contributed by atoms with Gasteiger partial charge in [0, 0.05) is 10.6 Å². The van der Waals surface area contributed by atoms with E-state index in [9.17, 15) is 18.0 Å². The van der Waals surface area contributed by atoms with Crippen molar-refractivity contribution in [3.63, 3.8) is 0 Å². The molecule has 0 aromatic heterocycles. The molecule has 19 heavy (non-hydrogen) atoms. The van der Waals surface area contributed by atoms with E-state index in [2.05, 4.69) is 4.74 Å². The summed E-state index contributed by atoms with van der Waals surface area (Å²) in [5.41, 5.74) is 4.72. The minimum absolute atomic E-state index is 0. The first-order valence-corrected chi connectivity index (χ1v) is 5.44. The van der Waals surface area contributed by atoms with Crippen molar-refractivity contribution in [2.75, 3.05) is 6.61 Å². The van der Waals surface area contributed by atoms with Crippen LogP contribution < -0.4 is 5.73 Å². The Morgan fingerprint density at radius 1 is 1.53 bits per heavy atom. The third-order valence-corrected chi connectivity index (χ3v) is 2.47. The summed E-state index contributed by atoms with van der Waals surface area (Å²) in [6, 6.07) is 0.933. The molecule has 0 bridgehead atoms. The summed E-state index contributed by atoms with van der Waals surface area (Å²) in [5.74, 6) is -6.80. The highest BCUT2D eigenvalue weighted by Crippen LogP contribution is 2.32. The van der Waals surface area contributed by atoms with Gasteiger partial charge in [-0.2, -0.15) is 8.78 Å². The Hall–Kier alpha value is -0.980. The Bertz CT molecular complexity index is 458. The van der Waals surface area contributed by atoms with Crippen molar-refractivity contribution in [2.24, 2.45) is 5.73 Å². The van der Waals surface area contributed by atoms with Crippen molar-refractivity contribution < 1.29 is 22.7 Å². The van der Waals surface area contributed by atoms with E-state index in [-0.39, 0.29) is 24.0 Å². The van der Waals surface area contributed by atoms with E-state index in [0.29, 0.717) is 0 Å². The molecule has 0 spiro atoms. The van der Waals surface area contributed by atoms with Gasteiger partial charge in [0.2, 0.25) is 0 Å². The molecule has 0 saturated heterocycles. The van der Waals surface area contributed by atoms with Crippen LogP contribution in [-0.4, -0.2) is 18.5 Å². The zero-order valence-corrected chi connectivity index (χ0v) is 11.4. The summed E-state index contributed by atoms with van der Waals surface area (Å²) >= 11 is 5.49. The van der Waals surface area contributed by atoms with Gasteiger partial charge in [-0.15, -0.1) is 12.4 Å². The van der Waals surface area contributed by atoms with Gasteiger partial charge in [0.15, 0.2) is 0 Å². The average Bonchev–Trinajstić information content (AvgIpc) is 2.28. The van der Waals surface area contributed by atoms with Gasteiger partial charge in [-0.3, -0.25) is 0 Å². The molecule has 0 aliphatic heterocycles. The largest absolute Gasteiger partial charge is 0.462 e. The zero-order chi connectivity index (χ0) is 13.9. The fourth-order valence-electron chi connectivity index (χ4n) is 1.30. The van der Waals surface area contributed by atoms with Gasteiger partial charge in [0.05, 0.1) is 6.61 Å². The van der Waals surface area contributed by atoms with Gasteiger partial charge < -0.3 is 10.5 Å². The van der Waals surface area contributed by atoms with E-state index >= 15 is 0 Å². The first-order valence-electron chi connectivity index (χ1n) is 5.06. The maximum atomic E-state index is 13.6. The molecule has 108 valence electrons. The van der Waals surface area contributed by atoms with Crippen LogP contribution in [0.15, 0.2) is 18.2 Å². The average molecular weight is 318 g/mol. The second kappa shape index (κ2) is 6.98. The van der Waals surface area contributed by atoms with Crippen LogP contribution in [0.5, 0.6) is 0 Å². The summed E-state index contributed by atoms with van der Waals surface area (Å²) in [6.07, 6.45) is 0. The van der Waals surface area contributed by atoms with Crippen molar-refractivity contribution >= 4 is 30.0 Å². The number of esters is 1. The lowest BCUT2D eigenvalue weighted by molar-refractivity contribution is -0.174. The number of carbonyl (C=O) groups is 1. The van der Waals surface area contributed by atoms with Crippen molar-refractivity contribution in [3.8, 4) is 0 Å². The molecule has 1 atom stereocenters. The lowest BCUT2D eigenvalue weighted by Gasteiger charge is -2.22. The number of hydrogen-bond donors (Lipinski definition) is 1. The van der Waals surface area contributed by atoms with Gasteiger partial charge >= 0.3 is 11.9 Å². The summed E-state index contributed by atoms with van der Waals surface area (Å²) in [6.45, 7) is 1.16. The molecule has 0 fully saturated rings. The van der Waals surface area contributed by atoms with E-state index in [0.717, 1.165) is 12.1 Å². The second-order valence-electron chi connectivity index (χ2n) is 3.49. The van der Waals surface area contributed by atoms with Crippen LogP contribution >= 0.6 is 24.0 Å². The van der Waals surface area contributed by atoms with Gasteiger partial charge in [-0.25, -0.2) is 9.18 Å². The van der Waals surface area contributed by atoms with Crippen LogP contribution in [-0.2, 0) is 9.53 Å². The molecule has 3 nitrogen and oxygen atoms in total. The summed E-state index contributed by atoms with van der Waals surface area (Å²) in [5, 5.41) is 0.0444. The van der Waals surface area contributed by atoms with Gasteiger partial charge in [0.1, 0.15) is 11.9 Å². The van der Waals surface area contributed by atoms with E-state index in [1.54, 1.807) is 0 Å². The first kappa shape index (κ1) is 18.0. The molecule has 0 heterocycles. The molecule has 0 amide bonds. The molecule has 1 aromatic rings. The quantitative estimate of drug-likeness (QED) is 0.868. The molecule has 1 aromatic carbocycles. The molecule has 1 rings (SSSR count). The minimum Gasteiger partial charge on any atom is -0.462 e. The Morgan fingerprint density at radius 2 is 2.11 bits per heavy atom. The molecule has 8 heteroatoms. The van der Waals surface area contributed by atoms with Crippen molar-refractivity contribution in [2.45, 2.75) is 18.9 Å². The van der Waals surface area contributed by atoms with Crippen molar-refractivity contribution in [1.82, 2.24) is 0 Å². The Morgan fingerprint density at radius 3 is 2.58 bits per heavy atom. The fraction of sp³-hybridized carbons (Fsp3) is 0.364. The van der Waals surface area contributed by atoms with Gasteiger partial charge in [-0.05, 0) is 19.1 Å². The van der Waals surface area contributed by atoms with Gasteiger partial charge in [0.25, 0.3) is 0 Å². The van der Waals surface area contributed by atoms with Crippen LogP contribution in [0.3, 0.4) is 0 Å². The first-order chi connectivity index (χ1) is 8.30. The predicted molar refractivity (Wildman–Crippen MR) is 67.2 cm³/mol. The highest BCUT2D eigenvalue weighted by molar-refractivity contribution is 6.30. The molecule has 0 aliphatic carbocycles. The lowest BCUT2D eigenvalue weighted by atomic mass is 10.0. The van der Waals surface area contributed by atoms with Gasteiger partial charge in [-0.1, -0.05) is 17.7 Å². The van der Waals surface area contributed by atoms with E-state index in [1.165, 1.54) is 13.0 Å². The second-order valence-corrected chi connectivity index (χ2v) is 3.92. The summed E-state index contributed by atoms with van der Waals surface area (Å²) in [7, 11) is 0. The number of benzene rings is 1. The Balaban J connectivity index is 0.00000324. The topological polar surface area (TPSA) is 52.3 Å².